The molecule has 2 fully saturated rings. The van der Waals surface area contributed by atoms with Crippen LogP contribution in [-0.4, -0.2) is 48.8 Å². The molecule has 0 bridgehead atoms. The van der Waals surface area contributed by atoms with E-state index in [0.29, 0.717) is 24.6 Å². The minimum Gasteiger partial charge on any atom is -0.497 e. The van der Waals surface area contributed by atoms with Crippen molar-refractivity contribution in [2.75, 3.05) is 26.8 Å². The van der Waals surface area contributed by atoms with Gasteiger partial charge in [-0.15, -0.1) is 0 Å². The van der Waals surface area contributed by atoms with Crippen molar-refractivity contribution < 1.29 is 9.47 Å². The fourth-order valence-corrected chi connectivity index (χ4v) is 5.02. The van der Waals surface area contributed by atoms with Gasteiger partial charge in [0, 0.05) is 36.8 Å². The van der Waals surface area contributed by atoms with Gasteiger partial charge >= 0.3 is 0 Å². The Morgan fingerprint density at radius 1 is 1.03 bits per heavy atom. The molecule has 3 heterocycles. The SMILES string of the molecule is COc1ccc(OCCC2CC(C3CCN(Cc4cccc5ncccc45)C3)NN2)cc1. The van der Waals surface area contributed by atoms with Gasteiger partial charge in [0.15, 0.2) is 0 Å². The second kappa shape index (κ2) is 9.86. The minimum atomic E-state index is 0.455. The summed E-state index contributed by atoms with van der Waals surface area (Å²) in [5, 5.41) is 1.27. The molecule has 32 heavy (non-hydrogen) atoms. The van der Waals surface area contributed by atoms with E-state index in [1.165, 1.54) is 17.4 Å². The molecule has 5 rings (SSSR count). The molecule has 0 radical (unpaired) electrons. The molecule has 6 nitrogen and oxygen atoms in total. The molecule has 3 aromatic rings. The van der Waals surface area contributed by atoms with Crippen LogP contribution in [0.5, 0.6) is 11.5 Å². The van der Waals surface area contributed by atoms with Gasteiger partial charge in [0.25, 0.3) is 0 Å². The Morgan fingerprint density at radius 2 is 1.91 bits per heavy atom. The van der Waals surface area contributed by atoms with Gasteiger partial charge in [-0.1, -0.05) is 18.2 Å². The van der Waals surface area contributed by atoms with Crippen LogP contribution in [-0.2, 0) is 6.54 Å². The number of likely N-dealkylation sites (tertiary alicyclic amines) is 1. The first kappa shape index (κ1) is 21.2. The van der Waals surface area contributed by atoms with Gasteiger partial charge in [0.2, 0.25) is 0 Å². The molecule has 2 aromatic carbocycles. The zero-order chi connectivity index (χ0) is 21.8. The number of ether oxygens (including phenoxy) is 2. The average molecular weight is 433 g/mol. The Labute approximate surface area is 189 Å². The molecule has 6 heteroatoms. The second-order valence-electron chi connectivity index (χ2n) is 8.91. The molecule has 3 unspecified atom stereocenters. The lowest BCUT2D eigenvalue weighted by atomic mass is 9.94. The number of nitrogens with zero attached hydrogens (tertiary/aromatic N) is 2. The fraction of sp³-hybridized carbons (Fsp3) is 0.423. The van der Waals surface area contributed by atoms with E-state index < -0.39 is 0 Å². The van der Waals surface area contributed by atoms with Crippen molar-refractivity contribution in [2.45, 2.75) is 37.9 Å². The van der Waals surface area contributed by atoms with Crippen LogP contribution in [0.25, 0.3) is 10.9 Å². The Balaban J connectivity index is 1.08. The Hall–Kier alpha value is -2.67. The molecule has 2 aliphatic rings. The van der Waals surface area contributed by atoms with Gasteiger partial charge in [-0.25, -0.2) is 0 Å². The highest BCUT2D eigenvalue weighted by molar-refractivity contribution is 5.81. The van der Waals surface area contributed by atoms with Crippen LogP contribution in [0.2, 0.25) is 0 Å². The van der Waals surface area contributed by atoms with Crippen LogP contribution in [0.3, 0.4) is 0 Å². The van der Waals surface area contributed by atoms with E-state index in [-0.39, 0.29) is 0 Å². The van der Waals surface area contributed by atoms with Gasteiger partial charge < -0.3 is 9.47 Å². The van der Waals surface area contributed by atoms with E-state index in [1.54, 1.807) is 7.11 Å². The Morgan fingerprint density at radius 3 is 2.78 bits per heavy atom. The monoisotopic (exact) mass is 432 g/mol. The molecule has 2 saturated heterocycles. The van der Waals surface area contributed by atoms with E-state index in [1.807, 2.05) is 36.5 Å². The first-order valence-electron chi connectivity index (χ1n) is 11.6. The second-order valence-corrected chi connectivity index (χ2v) is 8.91. The third kappa shape index (κ3) is 4.88. The molecule has 1 aromatic heterocycles. The van der Waals surface area contributed by atoms with Crippen LogP contribution in [0.15, 0.2) is 60.8 Å². The number of hydrogen-bond acceptors (Lipinski definition) is 6. The number of pyridine rings is 1. The highest BCUT2D eigenvalue weighted by atomic mass is 16.5. The minimum absolute atomic E-state index is 0.455. The van der Waals surface area contributed by atoms with Crippen molar-refractivity contribution in [2.24, 2.45) is 5.92 Å². The van der Waals surface area contributed by atoms with Crippen LogP contribution in [0.4, 0.5) is 0 Å². The number of fused-ring (bicyclic) bond motifs is 1. The van der Waals surface area contributed by atoms with Crippen molar-refractivity contribution in [1.29, 1.82) is 0 Å². The lowest BCUT2D eigenvalue weighted by molar-refractivity contribution is 0.288. The number of rotatable bonds is 8. The summed E-state index contributed by atoms with van der Waals surface area (Å²) in [5.74, 6) is 2.43. The zero-order valence-electron chi connectivity index (χ0n) is 18.7. The summed E-state index contributed by atoms with van der Waals surface area (Å²) in [6.07, 6.45) is 5.27. The highest BCUT2D eigenvalue weighted by Crippen LogP contribution is 2.28. The number of methoxy groups -OCH3 is 1. The number of aromatic nitrogens is 1. The van der Waals surface area contributed by atoms with Crippen LogP contribution >= 0.6 is 0 Å². The van der Waals surface area contributed by atoms with Gasteiger partial charge in [-0.05, 0) is 73.7 Å². The summed E-state index contributed by atoms with van der Waals surface area (Å²) in [5.41, 5.74) is 9.53. The molecule has 0 saturated carbocycles. The maximum atomic E-state index is 5.91. The number of benzene rings is 2. The molecule has 2 N–H and O–H groups in total. The standard InChI is InChI=1S/C26H32N4O2/c1-31-22-7-9-23(10-8-22)32-15-12-21-16-26(29-28-21)20-11-14-30(18-20)17-19-4-2-6-25-24(19)5-3-13-27-25/h2-10,13,20-21,26,28-29H,11-12,14-18H2,1H3. The third-order valence-electron chi connectivity index (χ3n) is 6.81. The summed E-state index contributed by atoms with van der Waals surface area (Å²) < 4.78 is 11.1. The maximum Gasteiger partial charge on any atom is 0.119 e. The average Bonchev–Trinajstić information content (AvgIpc) is 3.49. The van der Waals surface area contributed by atoms with E-state index in [4.69, 9.17) is 9.47 Å². The van der Waals surface area contributed by atoms with E-state index in [0.717, 1.165) is 49.5 Å². The third-order valence-corrected chi connectivity index (χ3v) is 6.81. The van der Waals surface area contributed by atoms with Crippen molar-refractivity contribution >= 4 is 10.9 Å². The van der Waals surface area contributed by atoms with Gasteiger partial charge in [-0.3, -0.25) is 20.7 Å². The molecule has 0 spiro atoms. The predicted octanol–water partition coefficient (Wildman–Crippen LogP) is 3.77. The maximum absolute atomic E-state index is 5.91. The van der Waals surface area contributed by atoms with E-state index in [9.17, 15) is 0 Å². The normalized spacial score (nSPS) is 23.6. The molecule has 168 valence electrons. The van der Waals surface area contributed by atoms with E-state index >= 15 is 0 Å². The van der Waals surface area contributed by atoms with Gasteiger partial charge in [-0.2, -0.15) is 0 Å². The topological polar surface area (TPSA) is 58.7 Å². The van der Waals surface area contributed by atoms with Crippen LogP contribution < -0.4 is 20.3 Å². The first-order chi connectivity index (χ1) is 15.8. The highest BCUT2D eigenvalue weighted by Gasteiger charge is 2.34. The summed E-state index contributed by atoms with van der Waals surface area (Å²) >= 11 is 0. The molecular weight excluding hydrogens is 400 g/mol. The lowest BCUT2D eigenvalue weighted by Gasteiger charge is -2.20. The number of hydrazine groups is 1. The number of nitrogens with one attached hydrogen (secondary N) is 2. The lowest BCUT2D eigenvalue weighted by Crippen LogP contribution is -2.38. The Bertz CT molecular complexity index is 1020. The smallest absolute Gasteiger partial charge is 0.119 e. The fourth-order valence-electron chi connectivity index (χ4n) is 5.02. The summed E-state index contributed by atoms with van der Waals surface area (Å²) in [6, 6.07) is 19.4. The van der Waals surface area contributed by atoms with Crippen molar-refractivity contribution in [1.82, 2.24) is 20.7 Å². The largest absolute Gasteiger partial charge is 0.497 e. The molecule has 2 aliphatic heterocycles. The molecule has 0 aliphatic carbocycles. The predicted molar refractivity (Wildman–Crippen MR) is 127 cm³/mol. The van der Waals surface area contributed by atoms with E-state index in [2.05, 4.69) is 45.0 Å². The van der Waals surface area contributed by atoms with Crippen molar-refractivity contribution in [3.05, 3.63) is 66.4 Å². The summed E-state index contributed by atoms with van der Waals surface area (Å²) in [6.45, 7) is 4.01. The van der Waals surface area contributed by atoms with Crippen molar-refractivity contribution in [3.8, 4) is 11.5 Å². The van der Waals surface area contributed by atoms with Crippen LogP contribution in [0, 0.1) is 5.92 Å². The molecular formula is C26H32N4O2. The van der Waals surface area contributed by atoms with Gasteiger partial charge in [0.1, 0.15) is 11.5 Å². The number of hydrogen-bond donors (Lipinski definition) is 2. The van der Waals surface area contributed by atoms with Crippen molar-refractivity contribution in [3.63, 3.8) is 0 Å². The quantitative estimate of drug-likeness (QED) is 0.565. The summed E-state index contributed by atoms with van der Waals surface area (Å²) in [4.78, 5) is 7.09. The summed E-state index contributed by atoms with van der Waals surface area (Å²) in [7, 11) is 1.68. The van der Waals surface area contributed by atoms with Gasteiger partial charge in [0.05, 0.1) is 19.2 Å². The first-order valence-corrected chi connectivity index (χ1v) is 11.6. The zero-order valence-corrected chi connectivity index (χ0v) is 18.7. The molecule has 3 atom stereocenters. The Kier molecular flexibility index (Phi) is 6.53. The van der Waals surface area contributed by atoms with Crippen LogP contribution in [0.1, 0.15) is 24.8 Å². The molecule has 0 amide bonds.